The molecule has 0 aliphatic carbocycles. The Hall–Kier alpha value is -11.8. The van der Waals surface area contributed by atoms with E-state index in [-0.39, 0.29) is 6.71 Å². The zero-order chi connectivity index (χ0) is 63.6. The van der Waals surface area contributed by atoms with E-state index in [1.54, 1.807) is 0 Å². The van der Waals surface area contributed by atoms with Gasteiger partial charge in [-0.05, 0) is 141 Å². The van der Waals surface area contributed by atoms with Gasteiger partial charge in [-0.1, -0.05) is 328 Å². The second-order valence-corrected chi connectivity index (χ2v) is 33.1. The molecule has 0 saturated carbocycles. The highest BCUT2D eigenvalue weighted by Crippen LogP contribution is 2.47. The highest BCUT2D eigenvalue weighted by atomic mass is 28.3. The molecule has 3 heterocycles. The summed E-state index contributed by atoms with van der Waals surface area (Å²) >= 11 is 0. The van der Waals surface area contributed by atoms with Crippen molar-refractivity contribution in [3.63, 3.8) is 0 Å². The van der Waals surface area contributed by atoms with Crippen LogP contribution in [0.3, 0.4) is 0 Å². The Labute approximate surface area is 563 Å². The molecule has 0 fully saturated rings. The Morgan fingerprint density at radius 1 is 0.208 bits per heavy atom. The molecule has 0 N–H and O–H groups in total. The lowest BCUT2D eigenvalue weighted by molar-refractivity contribution is 1.16. The fraction of sp³-hybridized carbons (Fsp3) is 0. The van der Waals surface area contributed by atoms with Crippen LogP contribution in [0.5, 0.6) is 0 Å². The van der Waals surface area contributed by atoms with E-state index in [9.17, 15) is 0 Å². The number of rotatable bonds is 13. The molecule has 2 aliphatic heterocycles. The van der Waals surface area contributed by atoms with Crippen LogP contribution < -0.4 is 67.7 Å². The van der Waals surface area contributed by atoms with Gasteiger partial charge in [0.15, 0.2) is 16.1 Å². The molecule has 0 spiro atoms. The monoisotopic (exact) mass is 1250 g/mol. The molecule has 1 aromatic heterocycles. The highest BCUT2D eigenvalue weighted by molar-refractivity contribution is 7.20. The molecule has 0 unspecified atom stereocenters. The summed E-state index contributed by atoms with van der Waals surface area (Å²) < 4.78 is 2.52. The van der Waals surface area contributed by atoms with Crippen LogP contribution in [-0.2, 0) is 0 Å². The summed E-state index contributed by atoms with van der Waals surface area (Å²) in [7, 11) is -6.00. The molecule has 450 valence electrons. The van der Waals surface area contributed by atoms with Crippen molar-refractivity contribution in [3.8, 4) is 27.9 Å². The van der Waals surface area contributed by atoms with Crippen LogP contribution in [0.4, 0.5) is 34.1 Å². The fourth-order valence-electron chi connectivity index (χ4n) is 16.4. The third-order valence-corrected chi connectivity index (χ3v) is 30.0. The molecular weight excluding hydrogens is 1190 g/mol. The van der Waals surface area contributed by atoms with Crippen LogP contribution in [0.2, 0.25) is 0 Å². The van der Waals surface area contributed by atoms with Crippen molar-refractivity contribution in [1.82, 2.24) is 4.57 Å². The first-order chi connectivity index (χ1) is 47.6. The van der Waals surface area contributed by atoms with Gasteiger partial charge in [-0.25, -0.2) is 0 Å². The first-order valence-corrected chi connectivity index (χ1v) is 37.3. The van der Waals surface area contributed by atoms with Crippen LogP contribution in [0.1, 0.15) is 0 Å². The molecule has 16 aromatic rings. The van der Waals surface area contributed by atoms with Crippen LogP contribution >= 0.6 is 0 Å². The minimum atomic E-state index is -3.09. The lowest BCUT2D eigenvalue weighted by Crippen LogP contribution is -2.75. The number of anilines is 6. The van der Waals surface area contributed by atoms with Crippen molar-refractivity contribution >= 4 is 137 Å². The molecule has 15 aromatic carbocycles. The molecule has 3 nitrogen and oxygen atoms in total. The summed E-state index contributed by atoms with van der Waals surface area (Å²) in [4.78, 5) is 5.23. The molecule has 96 heavy (non-hydrogen) atoms. The summed E-state index contributed by atoms with van der Waals surface area (Å²) in [5, 5.41) is 13.1. The minimum Gasteiger partial charge on any atom is -0.311 e. The van der Waals surface area contributed by atoms with E-state index in [4.69, 9.17) is 0 Å². The van der Waals surface area contributed by atoms with Crippen molar-refractivity contribution in [3.05, 3.63) is 388 Å². The topological polar surface area (TPSA) is 11.4 Å². The van der Waals surface area contributed by atoms with E-state index < -0.39 is 16.1 Å². The third-order valence-electron chi connectivity index (χ3n) is 20.4. The Kier molecular flexibility index (Phi) is 14.0. The van der Waals surface area contributed by atoms with E-state index in [0.717, 1.165) is 56.4 Å². The number of nitrogens with zero attached hydrogens (tertiary/aromatic N) is 3. The zero-order valence-electron chi connectivity index (χ0n) is 52.9. The van der Waals surface area contributed by atoms with Gasteiger partial charge in [0.25, 0.3) is 6.71 Å². The Bertz CT molecular complexity index is 5280. The average molecular weight is 1250 g/mol. The molecule has 6 heteroatoms. The van der Waals surface area contributed by atoms with Gasteiger partial charge < -0.3 is 14.4 Å². The molecule has 0 atom stereocenters. The lowest BCUT2D eigenvalue weighted by Gasteiger charge is -2.45. The highest BCUT2D eigenvalue weighted by Gasteiger charge is 2.48. The van der Waals surface area contributed by atoms with Gasteiger partial charge >= 0.3 is 0 Å². The minimum absolute atomic E-state index is 0.219. The van der Waals surface area contributed by atoms with Crippen LogP contribution in [0.15, 0.2) is 388 Å². The molecule has 18 rings (SSSR count). The fourth-order valence-corrected chi connectivity index (χ4v) is 25.9. The van der Waals surface area contributed by atoms with Crippen molar-refractivity contribution in [2.75, 3.05) is 9.80 Å². The number of hydrogen-bond acceptors (Lipinski definition) is 2. The predicted molar refractivity (Wildman–Crippen MR) is 413 cm³/mol. The Morgan fingerprint density at radius 3 is 1.01 bits per heavy atom. The van der Waals surface area contributed by atoms with Gasteiger partial charge in [-0.15, -0.1) is 0 Å². The van der Waals surface area contributed by atoms with E-state index in [1.165, 1.54) is 85.3 Å². The van der Waals surface area contributed by atoms with Crippen molar-refractivity contribution in [2.24, 2.45) is 0 Å². The number of aromatic nitrogens is 1. The second-order valence-electron chi connectivity index (χ2n) is 25.4. The first-order valence-electron chi connectivity index (χ1n) is 33.3. The summed E-state index contributed by atoms with van der Waals surface area (Å²) in [6.07, 6.45) is 0. The predicted octanol–water partition coefficient (Wildman–Crippen LogP) is 15.0. The van der Waals surface area contributed by atoms with Crippen LogP contribution in [0, 0.1) is 0 Å². The van der Waals surface area contributed by atoms with Crippen LogP contribution in [-0.4, -0.2) is 27.4 Å². The zero-order valence-corrected chi connectivity index (χ0v) is 54.9. The average Bonchev–Trinajstić information content (AvgIpc) is 0.797. The van der Waals surface area contributed by atoms with E-state index in [0.29, 0.717) is 0 Å². The molecule has 2 aliphatic rings. The van der Waals surface area contributed by atoms with Gasteiger partial charge in [0.1, 0.15) is 0 Å². The maximum absolute atomic E-state index is 3.09. The van der Waals surface area contributed by atoms with Gasteiger partial charge in [0.2, 0.25) is 0 Å². The van der Waals surface area contributed by atoms with Gasteiger partial charge in [0.05, 0.1) is 16.7 Å². The summed E-state index contributed by atoms with van der Waals surface area (Å²) in [5.41, 5.74) is 18.6. The largest absolute Gasteiger partial charge is 0.311 e. The standard InChI is InChI=1S/C90H64BN3Si2/c1-9-30-65(31-10-1)67-34-29-35-70(60-67)93-87-59-57-79(96(75-42-19-6-20-43-75,76-44-21-7-22-45-76)77-46-23-8-24-47-77)64-83(87)91-82-61-68(66-32-11-2-12-33-66)52-58-86(82)92(88-62-71(63-89(93)90(88)91)94-84-50-27-25-48-80(84)81-49-26-28-51-85(81)94)69-53-55-78(56-54-69)95(72-36-13-3-14-37-72,73-38-15-4-16-39-73)74-40-17-5-18-41-74/h1-64H. The third kappa shape index (κ3) is 9.09. The summed E-state index contributed by atoms with van der Waals surface area (Å²) in [6, 6.07) is 147. The van der Waals surface area contributed by atoms with E-state index in [1.807, 2.05) is 0 Å². The number of para-hydroxylation sites is 2. The van der Waals surface area contributed by atoms with Gasteiger partial charge in [0, 0.05) is 44.9 Å². The maximum atomic E-state index is 2.66. The second kappa shape index (κ2) is 23.6. The number of benzene rings is 15. The lowest BCUT2D eigenvalue weighted by atomic mass is 9.33. The van der Waals surface area contributed by atoms with Crippen molar-refractivity contribution in [1.29, 1.82) is 0 Å². The Balaban J connectivity index is 0.967. The SMILES string of the molecule is c1ccc(-c2cccc(N3c4ccc([Si](c5ccccc5)(c5ccccc5)c5ccccc5)cc4B4c5cc(-c6ccccc6)ccc5N(c5ccc([Si](c6ccccc6)(c6ccccc6)c6ccccc6)cc5)c5cc(-n6c7ccccc7c7ccccc76)cc3c54)c2)cc1. The molecule has 0 amide bonds. The maximum Gasteiger partial charge on any atom is 0.252 e. The number of fused-ring (bicyclic) bond motifs is 7. The molecule has 0 saturated heterocycles. The first kappa shape index (κ1) is 56.9. The van der Waals surface area contributed by atoms with E-state index in [2.05, 4.69) is 403 Å². The summed E-state index contributed by atoms with van der Waals surface area (Å²) in [5.74, 6) is 0. The van der Waals surface area contributed by atoms with Gasteiger partial charge in [-0.2, -0.15) is 0 Å². The number of hydrogen-bond donors (Lipinski definition) is 0. The summed E-state index contributed by atoms with van der Waals surface area (Å²) in [6.45, 7) is -0.219. The van der Waals surface area contributed by atoms with Gasteiger partial charge in [-0.3, -0.25) is 0 Å². The molecule has 0 bridgehead atoms. The van der Waals surface area contributed by atoms with Crippen molar-refractivity contribution < 1.29 is 0 Å². The molecular formula is C90H64BN3Si2. The Morgan fingerprint density at radius 2 is 0.552 bits per heavy atom. The quantitative estimate of drug-likeness (QED) is 0.0842. The smallest absolute Gasteiger partial charge is 0.252 e. The molecule has 0 radical (unpaired) electrons. The van der Waals surface area contributed by atoms with Crippen molar-refractivity contribution in [2.45, 2.75) is 0 Å². The van der Waals surface area contributed by atoms with E-state index >= 15 is 0 Å². The normalized spacial score (nSPS) is 12.5. The van der Waals surface area contributed by atoms with Crippen LogP contribution in [0.25, 0.3) is 49.7 Å².